The zero-order chi connectivity index (χ0) is 10.4. The van der Waals surface area contributed by atoms with Crippen LogP contribution in [0.1, 0.15) is 46.5 Å². The third-order valence-corrected chi connectivity index (χ3v) is 2.41. The number of likely N-dealkylation sites (tertiary alicyclic amines) is 1. The lowest BCUT2D eigenvalue weighted by atomic mass is 10.1. The van der Waals surface area contributed by atoms with Gasteiger partial charge in [0.25, 0.3) is 0 Å². The normalized spacial score (nSPS) is 19.9. The van der Waals surface area contributed by atoms with Crippen LogP contribution in [0.15, 0.2) is 16.8 Å². The molecule has 2 heteroatoms. The van der Waals surface area contributed by atoms with Gasteiger partial charge in [0, 0.05) is 25.7 Å². The van der Waals surface area contributed by atoms with Crippen molar-refractivity contribution in [2.75, 3.05) is 13.1 Å². The van der Waals surface area contributed by atoms with Crippen molar-refractivity contribution in [2.24, 2.45) is 4.99 Å². The quantitative estimate of drug-likeness (QED) is 0.673. The van der Waals surface area contributed by atoms with Gasteiger partial charge in [-0.05, 0) is 33.1 Å². The van der Waals surface area contributed by atoms with Crippen molar-refractivity contribution in [2.45, 2.75) is 46.5 Å². The molecule has 0 N–H and O–H groups in total. The summed E-state index contributed by atoms with van der Waals surface area (Å²) in [5, 5.41) is 0. The molecule has 0 aromatic carbocycles. The minimum Gasteiger partial charge on any atom is -0.360 e. The van der Waals surface area contributed by atoms with Gasteiger partial charge in [-0.3, -0.25) is 0 Å². The summed E-state index contributed by atoms with van der Waals surface area (Å²) in [5.41, 5.74) is 1.28. The SMILES string of the molecule is CCCN1CCCCC1=NC=C(C)C. The van der Waals surface area contributed by atoms with E-state index in [-0.39, 0.29) is 0 Å². The topological polar surface area (TPSA) is 15.6 Å². The summed E-state index contributed by atoms with van der Waals surface area (Å²) in [6.07, 6.45) is 6.99. The van der Waals surface area contributed by atoms with Crippen LogP contribution in [0, 0.1) is 0 Å². The van der Waals surface area contributed by atoms with Crippen LogP contribution in [-0.2, 0) is 0 Å². The molecule has 1 aliphatic rings. The highest BCUT2D eigenvalue weighted by Crippen LogP contribution is 2.12. The minimum absolute atomic E-state index is 1.16. The largest absolute Gasteiger partial charge is 0.360 e. The molecule has 2 nitrogen and oxygen atoms in total. The molecular formula is C12H22N2. The minimum atomic E-state index is 1.16. The third-order valence-electron chi connectivity index (χ3n) is 2.41. The summed E-state index contributed by atoms with van der Waals surface area (Å²) >= 11 is 0. The number of piperidine rings is 1. The molecule has 14 heavy (non-hydrogen) atoms. The lowest BCUT2D eigenvalue weighted by molar-refractivity contribution is 0.370. The number of amidine groups is 1. The molecule has 1 aliphatic heterocycles. The molecular weight excluding hydrogens is 172 g/mol. The summed E-state index contributed by atoms with van der Waals surface area (Å²) in [7, 11) is 0. The predicted molar refractivity (Wildman–Crippen MR) is 62.6 cm³/mol. The Labute approximate surface area is 87.7 Å². The molecule has 0 spiro atoms. The van der Waals surface area contributed by atoms with Crippen LogP contribution in [0.3, 0.4) is 0 Å². The first-order valence-corrected chi connectivity index (χ1v) is 5.69. The van der Waals surface area contributed by atoms with E-state index in [0.29, 0.717) is 0 Å². The second-order valence-electron chi connectivity index (χ2n) is 4.20. The Hall–Kier alpha value is -0.790. The predicted octanol–water partition coefficient (Wildman–Crippen LogP) is 3.20. The van der Waals surface area contributed by atoms with Crippen LogP contribution in [0.4, 0.5) is 0 Å². The van der Waals surface area contributed by atoms with E-state index in [1.54, 1.807) is 0 Å². The fourth-order valence-corrected chi connectivity index (χ4v) is 1.73. The number of hydrogen-bond donors (Lipinski definition) is 0. The van der Waals surface area contributed by atoms with Crippen molar-refractivity contribution in [1.82, 2.24) is 4.90 Å². The average Bonchev–Trinajstić information content (AvgIpc) is 2.17. The molecule has 0 saturated carbocycles. The summed E-state index contributed by atoms with van der Waals surface area (Å²) in [6.45, 7) is 8.78. The smallest absolute Gasteiger partial charge is 0.104 e. The van der Waals surface area contributed by atoms with Crippen LogP contribution in [0.25, 0.3) is 0 Å². The van der Waals surface area contributed by atoms with E-state index in [0.717, 1.165) is 13.0 Å². The molecule has 1 rings (SSSR count). The van der Waals surface area contributed by atoms with Gasteiger partial charge < -0.3 is 4.90 Å². The van der Waals surface area contributed by atoms with Crippen molar-refractivity contribution in [3.8, 4) is 0 Å². The maximum Gasteiger partial charge on any atom is 0.104 e. The lowest BCUT2D eigenvalue weighted by Gasteiger charge is -2.29. The van der Waals surface area contributed by atoms with Gasteiger partial charge in [0.15, 0.2) is 0 Å². The van der Waals surface area contributed by atoms with Crippen molar-refractivity contribution in [3.63, 3.8) is 0 Å². The average molecular weight is 194 g/mol. The van der Waals surface area contributed by atoms with Crippen molar-refractivity contribution in [1.29, 1.82) is 0 Å². The van der Waals surface area contributed by atoms with Crippen LogP contribution in [-0.4, -0.2) is 23.8 Å². The van der Waals surface area contributed by atoms with Crippen LogP contribution < -0.4 is 0 Å². The molecule has 0 radical (unpaired) electrons. The Balaban J connectivity index is 2.62. The highest BCUT2D eigenvalue weighted by Gasteiger charge is 2.14. The number of aliphatic imine (C=N–C) groups is 1. The molecule has 0 aromatic rings. The monoisotopic (exact) mass is 194 g/mol. The first kappa shape index (κ1) is 11.3. The van der Waals surface area contributed by atoms with E-state index >= 15 is 0 Å². The zero-order valence-corrected chi connectivity index (χ0v) is 9.71. The molecule has 80 valence electrons. The summed E-state index contributed by atoms with van der Waals surface area (Å²) in [5.74, 6) is 1.29. The maximum atomic E-state index is 4.56. The Kier molecular flexibility index (Phi) is 4.71. The van der Waals surface area contributed by atoms with E-state index in [4.69, 9.17) is 0 Å². The fourth-order valence-electron chi connectivity index (χ4n) is 1.73. The molecule has 1 heterocycles. The molecule has 0 atom stereocenters. The van der Waals surface area contributed by atoms with Crippen molar-refractivity contribution in [3.05, 3.63) is 11.8 Å². The van der Waals surface area contributed by atoms with E-state index in [1.165, 1.54) is 37.2 Å². The van der Waals surface area contributed by atoms with Gasteiger partial charge in [-0.1, -0.05) is 12.5 Å². The van der Waals surface area contributed by atoms with Crippen molar-refractivity contribution < 1.29 is 0 Å². The van der Waals surface area contributed by atoms with Crippen LogP contribution in [0.2, 0.25) is 0 Å². The first-order valence-electron chi connectivity index (χ1n) is 5.69. The number of allylic oxidation sites excluding steroid dienone is 1. The van der Waals surface area contributed by atoms with E-state index in [2.05, 4.69) is 30.7 Å². The number of hydrogen-bond acceptors (Lipinski definition) is 1. The summed E-state index contributed by atoms with van der Waals surface area (Å²) in [6, 6.07) is 0. The Bertz CT molecular complexity index is 222. The van der Waals surface area contributed by atoms with Crippen LogP contribution >= 0.6 is 0 Å². The second-order valence-corrected chi connectivity index (χ2v) is 4.20. The lowest BCUT2D eigenvalue weighted by Crippen LogP contribution is -2.35. The fraction of sp³-hybridized carbons (Fsp3) is 0.750. The standard InChI is InChI=1S/C12H22N2/c1-4-8-14-9-6-5-7-12(14)13-10-11(2)3/h10H,4-9H2,1-3H3. The summed E-state index contributed by atoms with van der Waals surface area (Å²) in [4.78, 5) is 7.00. The van der Waals surface area contributed by atoms with Gasteiger partial charge in [-0.15, -0.1) is 0 Å². The van der Waals surface area contributed by atoms with E-state index in [1.807, 2.05) is 6.20 Å². The molecule has 0 aromatic heterocycles. The van der Waals surface area contributed by atoms with Gasteiger partial charge in [0.05, 0.1) is 0 Å². The Morgan fingerprint density at radius 2 is 2.21 bits per heavy atom. The highest BCUT2D eigenvalue weighted by atomic mass is 15.2. The Morgan fingerprint density at radius 3 is 2.86 bits per heavy atom. The number of nitrogens with zero attached hydrogens (tertiary/aromatic N) is 2. The third kappa shape index (κ3) is 3.52. The molecule has 1 saturated heterocycles. The molecule has 0 aliphatic carbocycles. The van der Waals surface area contributed by atoms with Crippen molar-refractivity contribution >= 4 is 5.84 Å². The number of rotatable bonds is 3. The molecule has 0 bridgehead atoms. The van der Waals surface area contributed by atoms with Gasteiger partial charge in [0.1, 0.15) is 5.84 Å². The molecule has 0 amide bonds. The second kappa shape index (κ2) is 5.84. The van der Waals surface area contributed by atoms with Crippen LogP contribution in [0.5, 0.6) is 0 Å². The Morgan fingerprint density at radius 1 is 1.43 bits per heavy atom. The van der Waals surface area contributed by atoms with Gasteiger partial charge in [-0.2, -0.15) is 0 Å². The van der Waals surface area contributed by atoms with E-state index < -0.39 is 0 Å². The van der Waals surface area contributed by atoms with Gasteiger partial charge >= 0.3 is 0 Å². The van der Waals surface area contributed by atoms with E-state index in [9.17, 15) is 0 Å². The highest BCUT2D eigenvalue weighted by molar-refractivity contribution is 5.83. The van der Waals surface area contributed by atoms with Gasteiger partial charge in [-0.25, -0.2) is 4.99 Å². The molecule has 0 unspecified atom stereocenters. The molecule has 1 fully saturated rings. The maximum absolute atomic E-state index is 4.56. The first-order chi connectivity index (χ1) is 6.74. The van der Waals surface area contributed by atoms with Gasteiger partial charge in [0.2, 0.25) is 0 Å². The zero-order valence-electron chi connectivity index (χ0n) is 9.71. The summed E-state index contributed by atoms with van der Waals surface area (Å²) < 4.78 is 0.